The van der Waals surface area contributed by atoms with Crippen molar-refractivity contribution in [2.75, 3.05) is 0 Å². The Kier molecular flexibility index (Phi) is 11.0. The van der Waals surface area contributed by atoms with Crippen LogP contribution in [0.3, 0.4) is 0 Å². The van der Waals surface area contributed by atoms with Crippen LogP contribution in [0.1, 0.15) is 74.9 Å². The van der Waals surface area contributed by atoms with Crippen LogP contribution in [-0.2, 0) is 16.2 Å². The van der Waals surface area contributed by atoms with Gasteiger partial charge in [0.2, 0.25) is 0 Å². The minimum Gasteiger partial charge on any atom is -0.135 e. The van der Waals surface area contributed by atoms with Crippen LogP contribution in [-0.4, -0.2) is 0 Å². The highest BCUT2D eigenvalue weighted by Gasteiger charge is 2.53. The van der Waals surface area contributed by atoms with Gasteiger partial charge in [-0.2, -0.15) is 0 Å². The Morgan fingerprint density at radius 1 is 0.211 bits per heavy atom. The van der Waals surface area contributed by atoms with Crippen LogP contribution in [0.2, 0.25) is 0 Å². The van der Waals surface area contributed by atoms with Crippen molar-refractivity contribution in [3.8, 4) is 100 Å². The first-order valence-corrected chi connectivity index (χ1v) is 34.1. The molecule has 90 heavy (non-hydrogen) atoms. The Labute approximate surface area is 536 Å². The lowest BCUT2D eigenvalue weighted by Crippen LogP contribution is -2.22. The molecule has 0 saturated heterocycles. The minimum absolute atomic E-state index is 0.317. The normalized spacial score (nSPS) is 14.6. The molecule has 0 nitrogen and oxygen atoms in total. The van der Waals surface area contributed by atoms with E-state index in [2.05, 4.69) is 296 Å². The van der Waals surface area contributed by atoms with Gasteiger partial charge in [-0.15, -0.1) is 34.0 Å². The van der Waals surface area contributed by atoms with Gasteiger partial charge in [0, 0.05) is 76.8 Å². The first-order chi connectivity index (χ1) is 43.9. The zero-order valence-corrected chi connectivity index (χ0v) is 53.4. The molecule has 3 aliphatic rings. The summed E-state index contributed by atoms with van der Waals surface area (Å²) in [6.07, 6.45) is 0. The summed E-state index contributed by atoms with van der Waals surface area (Å²) in [6, 6.07) is 97.1. The van der Waals surface area contributed by atoms with Crippen LogP contribution in [0.25, 0.3) is 161 Å². The fraction of sp³-hybridized carbons (Fsp3) is 0.103. The standard InChI is InChI=1S/C87H60S3/c1-85(2)70-37-31-55(58-25-16-28-61-64-43-52(49-19-10-7-11-20-49)34-40-73(64)88-82(58)61)46-67(70)76-79(85)77-68-47-56(59-26-17-29-62-65-44-53(50-21-12-8-13-22-50)35-41-74(65)89-83(59)62)32-38-71(68)86(3,4)81(77)78-69-48-57(33-39-72(69)87(5,6)80(76)78)60-27-18-30-63-66-45-54(51-23-14-9-15-24-51)36-42-75(66)90-84(60)63/h7-48H,1-6H3. The van der Waals surface area contributed by atoms with Gasteiger partial charge >= 0.3 is 0 Å². The molecule has 0 aliphatic heterocycles. The summed E-state index contributed by atoms with van der Waals surface area (Å²) in [5, 5.41) is 7.91. The lowest BCUT2D eigenvalue weighted by Gasteiger charge is -2.31. The highest BCUT2D eigenvalue weighted by atomic mass is 32.1. The molecule has 0 bridgehead atoms. The molecule has 426 valence electrons. The Morgan fingerprint density at radius 3 is 0.778 bits per heavy atom. The SMILES string of the molecule is CC1(C)c2ccc(-c3cccc4c3sc3ccc(-c5ccccc5)cc34)cc2-c2c1c1c(c3c2C(C)(C)c2ccc(-c4cccc5c4sc4ccc(-c6ccccc6)cc45)cc2-3)C(C)(C)c2ccc(-c3cccc4c3sc3ccc(-c5ccccc5)cc34)cc2-1. The third-order valence-corrected chi connectivity index (χ3v) is 24.7. The number of rotatable bonds is 6. The lowest BCUT2D eigenvalue weighted by molar-refractivity contribution is 0.636. The topological polar surface area (TPSA) is 0 Å². The van der Waals surface area contributed by atoms with E-state index in [1.54, 1.807) is 0 Å². The average molecular weight is 1200 g/mol. The summed E-state index contributed by atoms with van der Waals surface area (Å²) >= 11 is 5.78. The number of hydrogen-bond acceptors (Lipinski definition) is 3. The van der Waals surface area contributed by atoms with Gasteiger partial charge in [0.1, 0.15) is 0 Å². The van der Waals surface area contributed by atoms with E-state index in [1.807, 2.05) is 34.0 Å². The van der Waals surface area contributed by atoms with Crippen molar-refractivity contribution in [1.82, 2.24) is 0 Å². The van der Waals surface area contributed by atoms with Crippen LogP contribution in [0.15, 0.2) is 255 Å². The van der Waals surface area contributed by atoms with Gasteiger partial charge in [-0.1, -0.05) is 242 Å². The zero-order valence-electron chi connectivity index (χ0n) is 51.0. The fourth-order valence-electron chi connectivity index (χ4n) is 16.7. The van der Waals surface area contributed by atoms with Crippen LogP contribution in [0.4, 0.5) is 0 Å². The van der Waals surface area contributed by atoms with Crippen molar-refractivity contribution >= 4 is 94.5 Å². The van der Waals surface area contributed by atoms with E-state index in [-0.39, 0.29) is 16.2 Å². The molecule has 3 aromatic heterocycles. The molecule has 19 rings (SSSR count). The lowest BCUT2D eigenvalue weighted by atomic mass is 9.71. The number of thiophene rings is 3. The third kappa shape index (κ3) is 7.28. The van der Waals surface area contributed by atoms with E-state index < -0.39 is 0 Å². The van der Waals surface area contributed by atoms with Gasteiger partial charge in [-0.3, -0.25) is 0 Å². The quantitative estimate of drug-likeness (QED) is 0.156. The predicted octanol–water partition coefficient (Wildman–Crippen LogP) is 25.7. The molecule has 16 aromatic rings. The van der Waals surface area contributed by atoms with Gasteiger partial charge < -0.3 is 0 Å². The van der Waals surface area contributed by atoms with E-state index in [1.165, 1.54) is 194 Å². The molecule has 13 aromatic carbocycles. The number of benzene rings is 13. The third-order valence-electron chi connectivity index (χ3n) is 21.0. The van der Waals surface area contributed by atoms with E-state index in [0.29, 0.717) is 0 Å². The van der Waals surface area contributed by atoms with E-state index in [0.717, 1.165) is 0 Å². The van der Waals surface area contributed by atoms with Crippen molar-refractivity contribution in [2.24, 2.45) is 0 Å². The van der Waals surface area contributed by atoms with E-state index in [9.17, 15) is 0 Å². The Bertz CT molecular complexity index is 5190. The molecule has 0 N–H and O–H groups in total. The molecule has 3 heteroatoms. The van der Waals surface area contributed by atoms with Gasteiger partial charge in [-0.25, -0.2) is 0 Å². The number of hydrogen-bond donors (Lipinski definition) is 0. The molecule has 0 spiro atoms. The van der Waals surface area contributed by atoms with E-state index >= 15 is 0 Å². The van der Waals surface area contributed by atoms with Crippen LogP contribution < -0.4 is 0 Å². The van der Waals surface area contributed by atoms with Crippen LogP contribution >= 0.6 is 34.0 Å². The van der Waals surface area contributed by atoms with Gasteiger partial charge in [-0.05, 0) is 188 Å². The van der Waals surface area contributed by atoms with Crippen molar-refractivity contribution in [3.05, 3.63) is 288 Å². The smallest absolute Gasteiger partial charge is 0.0433 e. The first kappa shape index (κ1) is 52.5. The second kappa shape index (κ2) is 18.8. The number of fused-ring (bicyclic) bond motifs is 21. The maximum absolute atomic E-state index is 2.60. The largest absolute Gasteiger partial charge is 0.135 e. The van der Waals surface area contributed by atoms with Crippen molar-refractivity contribution in [3.63, 3.8) is 0 Å². The molecular formula is C87H60S3. The summed E-state index contributed by atoms with van der Waals surface area (Å²) < 4.78 is 7.98. The Morgan fingerprint density at radius 2 is 0.489 bits per heavy atom. The maximum atomic E-state index is 2.60. The maximum Gasteiger partial charge on any atom is 0.0433 e. The molecule has 3 heterocycles. The summed E-state index contributed by atoms with van der Waals surface area (Å²) in [5.41, 5.74) is 31.3. The second-order valence-corrected chi connectivity index (χ2v) is 30.1. The molecule has 0 amide bonds. The Hall–Kier alpha value is -9.48. The summed E-state index contributed by atoms with van der Waals surface area (Å²) in [4.78, 5) is 0. The molecule has 0 unspecified atom stereocenters. The Balaban J connectivity index is 0.844. The summed E-state index contributed by atoms with van der Waals surface area (Å²) in [5.74, 6) is 0. The molecule has 0 fully saturated rings. The first-order valence-electron chi connectivity index (χ1n) is 31.6. The summed E-state index contributed by atoms with van der Waals surface area (Å²) in [7, 11) is 0. The van der Waals surface area contributed by atoms with Gasteiger partial charge in [0.05, 0.1) is 0 Å². The minimum atomic E-state index is -0.317. The van der Waals surface area contributed by atoms with Crippen molar-refractivity contribution in [2.45, 2.75) is 57.8 Å². The predicted molar refractivity (Wildman–Crippen MR) is 390 cm³/mol. The second-order valence-electron chi connectivity index (χ2n) is 27.0. The zero-order chi connectivity index (χ0) is 60.1. The van der Waals surface area contributed by atoms with Gasteiger partial charge in [0.25, 0.3) is 0 Å². The average Bonchev–Trinajstić information content (AvgIpc) is 1.49. The molecule has 0 saturated carbocycles. The van der Waals surface area contributed by atoms with E-state index in [4.69, 9.17) is 0 Å². The van der Waals surface area contributed by atoms with Crippen molar-refractivity contribution < 1.29 is 0 Å². The molecule has 3 aliphatic carbocycles. The fourth-order valence-corrected chi connectivity index (χ4v) is 20.4. The van der Waals surface area contributed by atoms with Crippen LogP contribution in [0, 0.1) is 0 Å². The molecule has 0 radical (unpaired) electrons. The van der Waals surface area contributed by atoms with Crippen molar-refractivity contribution in [1.29, 1.82) is 0 Å². The highest BCUT2D eigenvalue weighted by Crippen LogP contribution is 2.68. The molecular weight excluding hydrogens is 1140 g/mol. The molecule has 0 atom stereocenters. The monoisotopic (exact) mass is 1200 g/mol. The highest BCUT2D eigenvalue weighted by molar-refractivity contribution is 7.27. The van der Waals surface area contributed by atoms with Gasteiger partial charge in [0.15, 0.2) is 0 Å². The summed E-state index contributed by atoms with van der Waals surface area (Å²) in [6.45, 7) is 15.2. The van der Waals surface area contributed by atoms with Crippen LogP contribution in [0.5, 0.6) is 0 Å².